The van der Waals surface area contributed by atoms with Gasteiger partial charge in [-0.1, -0.05) is 12.1 Å². The number of esters is 1. The molecule has 0 saturated carbocycles. The smallest absolute Gasteiger partial charge is 0.331 e. The zero-order valence-corrected chi connectivity index (χ0v) is 15.1. The molecule has 0 bridgehead atoms. The summed E-state index contributed by atoms with van der Waals surface area (Å²) in [5.41, 5.74) is 1.13. The third-order valence-electron chi connectivity index (χ3n) is 3.68. The number of benzene rings is 2. The Kier molecular flexibility index (Phi) is 6.88. The van der Waals surface area contributed by atoms with E-state index in [1.807, 2.05) is 6.92 Å². The summed E-state index contributed by atoms with van der Waals surface area (Å²) in [5, 5.41) is 9.64. The van der Waals surface area contributed by atoms with Gasteiger partial charge in [-0.25, -0.2) is 4.79 Å². The highest BCUT2D eigenvalue weighted by atomic mass is 16.5. The van der Waals surface area contributed by atoms with E-state index in [9.17, 15) is 19.5 Å². The van der Waals surface area contributed by atoms with Gasteiger partial charge in [0.05, 0.1) is 12.2 Å². The number of hydrogen-bond donors (Lipinski definition) is 1. The number of aromatic hydroxyl groups is 1. The van der Waals surface area contributed by atoms with E-state index in [0.29, 0.717) is 23.5 Å². The highest BCUT2D eigenvalue weighted by Gasteiger charge is 2.11. The summed E-state index contributed by atoms with van der Waals surface area (Å²) in [5.74, 6) is -1.00. The lowest BCUT2D eigenvalue weighted by Gasteiger charge is -2.11. The Morgan fingerprint density at radius 1 is 1.07 bits per heavy atom. The van der Waals surface area contributed by atoms with Crippen molar-refractivity contribution in [1.82, 2.24) is 0 Å². The van der Waals surface area contributed by atoms with Crippen LogP contribution < -0.4 is 4.74 Å². The standard InChI is InChI=1S/C21H20O6/c1-3-26-20-10-8-15(14(2)22)12-16(20)13-27-21(25)11-9-19(24)17-6-4-5-7-18(17)23/h4-12,23H,3,13H2,1-2H3/b11-9+. The van der Waals surface area contributed by atoms with Gasteiger partial charge in [0.2, 0.25) is 0 Å². The second-order valence-electron chi connectivity index (χ2n) is 5.63. The number of ketones is 2. The first kappa shape index (κ1) is 19.9. The molecule has 2 aromatic carbocycles. The van der Waals surface area contributed by atoms with E-state index in [2.05, 4.69) is 0 Å². The number of phenols is 1. The Bertz CT molecular complexity index is 882. The van der Waals surface area contributed by atoms with Crippen LogP contribution in [-0.4, -0.2) is 29.2 Å². The van der Waals surface area contributed by atoms with E-state index >= 15 is 0 Å². The number of allylic oxidation sites excluding steroid dienone is 1. The molecule has 0 amide bonds. The molecule has 0 heterocycles. The first-order chi connectivity index (χ1) is 12.9. The zero-order valence-electron chi connectivity index (χ0n) is 15.1. The van der Waals surface area contributed by atoms with E-state index in [0.717, 1.165) is 12.2 Å². The minimum absolute atomic E-state index is 0.0920. The number of Topliss-reactive ketones (excluding diaryl/α,β-unsaturated/α-hetero) is 1. The average molecular weight is 368 g/mol. The van der Waals surface area contributed by atoms with Crippen LogP contribution in [-0.2, 0) is 16.1 Å². The summed E-state index contributed by atoms with van der Waals surface area (Å²) in [6.07, 6.45) is 2.02. The summed E-state index contributed by atoms with van der Waals surface area (Å²) in [6.45, 7) is 3.58. The largest absolute Gasteiger partial charge is 0.507 e. The molecule has 140 valence electrons. The van der Waals surface area contributed by atoms with Crippen LogP contribution in [0.15, 0.2) is 54.6 Å². The van der Waals surface area contributed by atoms with E-state index in [4.69, 9.17) is 9.47 Å². The molecule has 0 aliphatic heterocycles. The fourth-order valence-electron chi connectivity index (χ4n) is 2.32. The van der Waals surface area contributed by atoms with Gasteiger partial charge in [0.15, 0.2) is 11.6 Å². The maximum absolute atomic E-state index is 12.0. The highest BCUT2D eigenvalue weighted by Crippen LogP contribution is 2.22. The summed E-state index contributed by atoms with van der Waals surface area (Å²) in [4.78, 5) is 35.4. The van der Waals surface area contributed by atoms with E-state index in [-0.39, 0.29) is 23.7 Å². The highest BCUT2D eigenvalue weighted by molar-refractivity contribution is 6.08. The number of ether oxygens (including phenoxy) is 2. The number of para-hydroxylation sites is 1. The third kappa shape index (κ3) is 5.54. The molecule has 0 aliphatic carbocycles. The molecule has 0 unspecified atom stereocenters. The summed E-state index contributed by atoms with van der Waals surface area (Å²) >= 11 is 0. The molecule has 0 saturated heterocycles. The molecule has 6 heteroatoms. The van der Waals surface area contributed by atoms with Gasteiger partial charge in [-0.05, 0) is 50.3 Å². The first-order valence-corrected chi connectivity index (χ1v) is 8.36. The van der Waals surface area contributed by atoms with Gasteiger partial charge in [-0.2, -0.15) is 0 Å². The van der Waals surface area contributed by atoms with Gasteiger partial charge in [0, 0.05) is 17.2 Å². The monoisotopic (exact) mass is 368 g/mol. The van der Waals surface area contributed by atoms with Gasteiger partial charge in [0.25, 0.3) is 0 Å². The molecule has 0 fully saturated rings. The Hall–Kier alpha value is -3.41. The molecule has 0 spiro atoms. The molecule has 0 radical (unpaired) electrons. The van der Waals surface area contributed by atoms with Crippen molar-refractivity contribution in [3.63, 3.8) is 0 Å². The lowest BCUT2D eigenvalue weighted by atomic mass is 10.1. The summed E-state index contributed by atoms with van der Waals surface area (Å²) in [7, 11) is 0. The van der Waals surface area contributed by atoms with Crippen molar-refractivity contribution < 1.29 is 29.0 Å². The van der Waals surface area contributed by atoms with Crippen molar-refractivity contribution in [3.05, 3.63) is 71.3 Å². The van der Waals surface area contributed by atoms with Crippen LogP contribution in [0.5, 0.6) is 11.5 Å². The number of rotatable bonds is 8. The average Bonchev–Trinajstić information content (AvgIpc) is 2.65. The van der Waals surface area contributed by atoms with Crippen LogP contribution in [0.25, 0.3) is 0 Å². The molecule has 0 aliphatic rings. The predicted molar refractivity (Wildman–Crippen MR) is 99.0 cm³/mol. The van der Waals surface area contributed by atoms with Crippen molar-refractivity contribution in [3.8, 4) is 11.5 Å². The Labute approximate surface area is 157 Å². The van der Waals surface area contributed by atoms with Gasteiger partial charge in [-0.3, -0.25) is 9.59 Å². The van der Waals surface area contributed by atoms with Crippen molar-refractivity contribution in [2.24, 2.45) is 0 Å². The lowest BCUT2D eigenvalue weighted by molar-refractivity contribution is -0.139. The number of phenolic OH excluding ortho intramolecular Hbond substituents is 1. The fourth-order valence-corrected chi connectivity index (χ4v) is 2.32. The Morgan fingerprint density at radius 2 is 1.81 bits per heavy atom. The van der Waals surface area contributed by atoms with Gasteiger partial charge in [0.1, 0.15) is 18.1 Å². The molecule has 0 aromatic heterocycles. The van der Waals surface area contributed by atoms with Crippen LogP contribution >= 0.6 is 0 Å². The van der Waals surface area contributed by atoms with Crippen LogP contribution in [0, 0.1) is 0 Å². The number of carbonyl (C=O) groups is 3. The third-order valence-corrected chi connectivity index (χ3v) is 3.68. The van der Waals surface area contributed by atoms with Crippen LogP contribution in [0.3, 0.4) is 0 Å². The van der Waals surface area contributed by atoms with Crippen LogP contribution in [0.2, 0.25) is 0 Å². The molecule has 0 atom stereocenters. The SMILES string of the molecule is CCOc1ccc(C(C)=O)cc1COC(=O)/C=C/C(=O)c1ccccc1O. The topological polar surface area (TPSA) is 89.9 Å². The van der Waals surface area contributed by atoms with Gasteiger partial charge >= 0.3 is 5.97 Å². The van der Waals surface area contributed by atoms with Gasteiger partial charge in [-0.15, -0.1) is 0 Å². The minimum atomic E-state index is -0.727. The van der Waals surface area contributed by atoms with Crippen molar-refractivity contribution >= 4 is 17.5 Å². The normalized spacial score (nSPS) is 10.6. The van der Waals surface area contributed by atoms with Gasteiger partial charge < -0.3 is 14.6 Å². The second kappa shape index (κ2) is 9.33. The predicted octanol–water partition coefficient (Wildman–Crippen LogP) is 3.48. The molecule has 6 nitrogen and oxygen atoms in total. The van der Waals surface area contributed by atoms with Crippen LogP contribution in [0.1, 0.15) is 40.1 Å². The number of carbonyl (C=O) groups excluding carboxylic acids is 3. The maximum Gasteiger partial charge on any atom is 0.331 e. The fraction of sp³-hybridized carbons (Fsp3) is 0.190. The zero-order chi connectivity index (χ0) is 19.8. The van der Waals surface area contributed by atoms with Crippen LogP contribution in [0.4, 0.5) is 0 Å². The maximum atomic E-state index is 12.0. The molecule has 2 aromatic rings. The molecule has 1 N–H and O–H groups in total. The van der Waals surface area contributed by atoms with E-state index < -0.39 is 11.8 Å². The molecule has 27 heavy (non-hydrogen) atoms. The second-order valence-corrected chi connectivity index (χ2v) is 5.63. The summed E-state index contributed by atoms with van der Waals surface area (Å²) < 4.78 is 10.6. The Balaban J connectivity index is 2.04. The molecular weight excluding hydrogens is 348 g/mol. The summed E-state index contributed by atoms with van der Waals surface area (Å²) in [6, 6.07) is 10.9. The van der Waals surface area contributed by atoms with E-state index in [1.165, 1.54) is 19.1 Å². The Morgan fingerprint density at radius 3 is 2.48 bits per heavy atom. The molecular formula is C21H20O6. The quantitative estimate of drug-likeness (QED) is 0.436. The first-order valence-electron chi connectivity index (χ1n) is 8.36. The minimum Gasteiger partial charge on any atom is -0.507 e. The van der Waals surface area contributed by atoms with E-state index in [1.54, 1.807) is 30.3 Å². The number of hydrogen-bond acceptors (Lipinski definition) is 6. The van der Waals surface area contributed by atoms with Crippen molar-refractivity contribution in [1.29, 1.82) is 0 Å². The van der Waals surface area contributed by atoms with Crippen molar-refractivity contribution in [2.75, 3.05) is 6.61 Å². The lowest BCUT2D eigenvalue weighted by Crippen LogP contribution is -2.06. The van der Waals surface area contributed by atoms with Crippen molar-refractivity contribution in [2.45, 2.75) is 20.5 Å². The molecule has 2 rings (SSSR count).